The minimum atomic E-state index is -1.36. The van der Waals surface area contributed by atoms with Gasteiger partial charge in [-0.05, 0) is 55.0 Å². The van der Waals surface area contributed by atoms with Crippen molar-refractivity contribution in [1.82, 2.24) is 0 Å². The summed E-state index contributed by atoms with van der Waals surface area (Å²) in [6, 6.07) is 15.8. The average Bonchev–Trinajstić information content (AvgIpc) is 2.86. The Bertz CT molecular complexity index is 1500. The van der Waals surface area contributed by atoms with Crippen molar-refractivity contribution in [3.8, 4) is 0 Å². The van der Waals surface area contributed by atoms with Gasteiger partial charge in [0.1, 0.15) is 0 Å². The second kappa shape index (κ2) is 9.90. The number of aliphatic imine (C=N–C) groups is 1. The van der Waals surface area contributed by atoms with Crippen molar-refractivity contribution in [2.45, 2.75) is 6.92 Å². The lowest BCUT2D eigenvalue weighted by atomic mass is 9.88. The maximum atomic E-state index is 13.2. The molecule has 0 saturated heterocycles. The van der Waals surface area contributed by atoms with Crippen molar-refractivity contribution >= 4 is 46.4 Å². The van der Waals surface area contributed by atoms with E-state index in [-0.39, 0.29) is 22.4 Å². The van der Waals surface area contributed by atoms with Crippen LogP contribution < -0.4 is 10.2 Å². The van der Waals surface area contributed by atoms with E-state index in [0.717, 1.165) is 29.4 Å². The van der Waals surface area contributed by atoms with Gasteiger partial charge < -0.3 is 20.4 Å². The number of allylic oxidation sites excluding steroid dienone is 1. The second-order valence-corrected chi connectivity index (χ2v) is 8.66. The van der Waals surface area contributed by atoms with Gasteiger partial charge in [-0.25, -0.2) is 14.6 Å². The molecule has 0 saturated carbocycles. The van der Waals surface area contributed by atoms with Crippen LogP contribution in [0, 0.1) is 6.92 Å². The number of hydrogen-bond donors (Lipinski definition) is 3. The van der Waals surface area contributed by atoms with Gasteiger partial charge in [0.15, 0.2) is 5.78 Å². The number of benzene rings is 3. The molecule has 1 aliphatic carbocycles. The third kappa shape index (κ3) is 5.15. The summed E-state index contributed by atoms with van der Waals surface area (Å²) in [6.07, 6.45) is 1.39. The Labute approximate surface area is 212 Å². The molecule has 1 aliphatic rings. The van der Waals surface area contributed by atoms with Crippen molar-refractivity contribution < 1.29 is 29.4 Å². The van der Waals surface area contributed by atoms with Crippen LogP contribution in [0.25, 0.3) is 0 Å². The fourth-order valence-corrected chi connectivity index (χ4v) is 3.91. The molecule has 1 amide bonds. The molecule has 0 radical (unpaired) electrons. The molecule has 3 aromatic carbocycles. The van der Waals surface area contributed by atoms with Gasteiger partial charge in [-0.15, -0.1) is 0 Å². The van der Waals surface area contributed by atoms with E-state index < -0.39 is 23.6 Å². The number of nitrogens with zero attached hydrogens (tertiary/aromatic N) is 2. The van der Waals surface area contributed by atoms with E-state index in [4.69, 9.17) is 4.99 Å². The predicted molar refractivity (Wildman–Crippen MR) is 140 cm³/mol. The van der Waals surface area contributed by atoms with E-state index in [1.54, 1.807) is 24.3 Å². The quantitative estimate of drug-likeness (QED) is 0.431. The van der Waals surface area contributed by atoms with Gasteiger partial charge in [0.2, 0.25) is 0 Å². The molecule has 0 atom stereocenters. The predicted octanol–water partition coefficient (Wildman–Crippen LogP) is 4.34. The molecule has 0 fully saturated rings. The molecule has 186 valence electrons. The number of carbonyl (C=O) groups is 4. The molecule has 0 heterocycles. The van der Waals surface area contributed by atoms with Crippen LogP contribution >= 0.6 is 0 Å². The van der Waals surface area contributed by atoms with Crippen molar-refractivity contribution in [1.29, 1.82) is 0 Å². The summed E-state index contributed by atoms with van der Waals surface area (Å²) >= 11 is 0. The molecule has 0 bridgehead atoms. The standard InChI is InChI=1S/C28H23N3O6/c1-15-10-19(31(2)3)8-9-23(15)30-24-14-22(25(32)21-7-5-4-6-20(21)24)26(33)29-18-12-16(27(34)35)11-17(13-18)28(36)37/h4-14H,1-3H3,(H,29,33)(H,34,35)(H,36,37). The van der Waals surface area contributed by atoms with E-state index in [9.17, 15) is 29.4 Å². The number of fused-ring (bicyclic) bond motifs is 1. The smallest absolute Gasteiger partial charge is 0.335 e. The van der Waals surface area contributed by atoms with Crippen LogP contribution in [0.1, 0.15) is 42.2 Å². The van der Waals surface area contributed by atoms with Gasteiger partial charge in [0.05, 0.1) is 28.1 Å². The van der Waals surface area contributed by atoms with Crippen molar-refractivity contribution in [3.05, 3.63) is 100 Å². The van der Waals surface area contributed by atoms with Crippen LogP contribution in [-0.2, 0) is 4.79 Å². The Morgan fingerprint density at radius 1 is 0.865 bits per heavy atom. The Balaban J connectivity index is 1.76. The highest BCUT2D eigenvalue weighted by molar-refractivity contribution is 6.37. The minimum Gasteiger partial charge on any atom is -0.478 e. The Kier molecular flexibility index (Phi) is 6.71. The number of carboxylic acids is 2. The zero-order chi connectivity index (χ0) is 26.9. The van der Waals surface area contributed by atoms with E-state index in [0.29, 0.717) is 22.5 Å². The molecule has 3 N–H and O–H groups in total. The lowest BCUT2D eigenvalue weighted by Gasteiger charge is -2.18. The number of nitrogens with one attached hydrogen (secondary N) is 1. The summed E-state index contributed by atoms with van der Waals surface area (Å²) in [5.74, 6) is -4.05. The van der Waals surface area contributed by atoms with E-state index in [1.165, 1.54) is 6.08 Å². The SMILES string of the molecule is Cc1cc(N(C)C)ccc1N=C1C=C(C(=O)Nc2cc(C(=O)O)cc(C(=O)O)c2)C(=O)c2ccccc21. The molecular formula is C28H23N3O6. The first kappa shape index (κ1) is 25.1. The summed E-state index contributed by atoms with van der Waals surface area (Å²) in [7, 11) is 3.87. The third-order valence-corrected chi connectivity index (χ3v) is 5.84. The molecule has 0 unspecified atom stereocenters. The zero-order valence-electron chi connectivity index (χ0n) is 20.3. The Hall–Kier alpha value is -5.05. The fourth-order valence-electron chi connectivity index (χ4n) is 3.91. The highest BCUT2D eigenvalue weighted by Crippen LogP contribution is 2.29. The maximum Gasteiger partial charge on any atom is 0.335 e. The van der Waals surface area contributed by atoms with E-state index >= 15 is 0 Å². The first-order chi connectivity index (χ1) is 17.5. The molecule has 0 spiro atoms. The molecule has 9 nitrogen and oxygen atoms in total. The number of amides is 1. The highest BCUT2D eigenvalue weighted by atomic mass is 16.4. The molecule has 9 heteroatoms. The van der Waals surface area contributed by atoms with Crippen LogP contribution in [-0.4, -0.2) is 53.6 Å². The normalized spacial score (nSPS) is 13.5. The number of carbonyl (C=O) groups excluding carboxylic acids is 2. The lowest BCUT2D eigenvalue weighted by molar-refractivity contribution is -0.112. The van der Waals surface area contributed by atoms with Crippen LogP contribution in [0.15, 0.2) is 77.3 Å². The molecule has 37 heavy (non-hydrogen) atoms. The number of ketones is 1. The van der Waals surface area contributed by atoms with E-state index in [1.807, 2.05) is 44.1 Å². The number of rotatable bonds is 6. The van der Waals surface area contributed by atoms with Gasteiger partial charge in [0.25, 0.3) is 5.91 Å². The fraction of sp³-hybridized carbons (Fsp3) is 0.107. The largest absolute Gasteiger partial charge is 0.478 e. The molecular weight excluding hydrogens is 474 g/mol. The lowest BCUT2D eigenvalue weighted by Crippen LogP contribution is -2.26. The van der Waals surface area contributed by atoms with Crippen LogP contribution in [0.3, 0.4) is 0 Å². The molecule has 4 rings (SSSR count). The summed E-state index contributed by atoms with van der Waals surface area (Å²) in [5, 5.41) is 21.1. The van der Waals surface area contributed by atoms with Gasteiger partial charge >= 0.3 is 11.9 Å². The van der Waals surface area contributed by atoms with Crippen molar-refractivity contribution in [2.24, 2.45) is 4.99 Å². The number of anilines is 2. The molecule has 0 aromatic heterocycles. The van der Waals surface area contributed by atoms with Crippen LogP contribution in [0.4, 0.5) is 17.1 Å². The van der Waals surface area contributed by atoms with Gasteiger partial charge in [0, 0.05) is 36.6 Å². The van der Waals surface area contributed by atoms with Crippen LogP contribution in [0.2, 0.25) is 0 Å². The van der Waals surface area contributed by atoms with Gasteiger partial charge in [-0.2, -0.15) is 0 Å². The summed E-state index contributed by atoms with van der Waals surface area (Å²) in [6.45, 7) is 1.92. The average molecular weight is 498 g/mol. The first-order valence-electron chi connectivity index (χ1n) is 11.2. The van der Waals surface area contributed by atoms with Crippen molar-refractivity contribution in [2.75, 3.05) is 24.3 Å². The summed E-state index contributed by atoms with van der Waals surface area (Å²) in [4.78, 5) is 55.9. The topological polar surface area (TPSA) is 136 Å². The van der Waals surface area contributed by atoms with Gasteiger partial charge in [-0.3, -0.25) is 9.59 Å². The number of aryl methyl sites for hydroxylation is 1. The summed E-state index contributed by atoms with van der Waals surface area (Å²) < 4.78 is 0. The minimum absolute atomic E-state index is 0.0662. The summed E-state index contributed by atoms with van der Waals surface area (Å²) in [5.41, 5.74) is 2.93. The van der Waals surface area contributed by atoms with Gasteiger partial charge in [-0.1, -0.05) is 24.3 Å². The van der Waals surface area contributed by atoms with Crippen molar-refractivity contribution in [3.63, 3.8) is 0 Å². The zero-order valence-corrected chi connectivity index (χ0v) is 20.3. The third-order valence-electron chi connectivity index (χ3n) is 5.84. The van der Waals surface area contributed by atoms with Crippen LogP contribution in [0.5, 0.6) is 0 Å². The number of carboxylic acid groups (broad SMARTS) is 2. The Morgan fingerprint density at radius 2 is 1.49 bits per heavy atom. The highest BCUT2D eigenvalue weighted by Gasteiger charge is 2.29. The maximum absolute atomic E-state index is 13.2. The Morgan fingerprint density at radius 3 is 2.05 bits per heavy atom. The first-order valence-corrected chi connectivity index (χ1v) is 11.2. The number of aromatic carboxylic acids is 2. The van der Waals surface area contributed by atoms with E-state index in [2.05, 4.69) is 5.32 Å². The number of hydrogen-bond acceptors (Lipinski definition) is 6. The molecule has 3 aromatic rings. The second-order valence-electron chi connectivity index (χ2n) is 8.66. The number of Topliss-reactive ketones (excluding diaryl/α,β-unsaturated/α-hetero) is 1. The molecule has 0 aliphatic heterocycles. The monoisotopic (exact) mass is 497 g/mol.